The van der Waals surface area contributed by atoms with Gasteiger partial charge in [-0.25, -0.2) is 0 Å². The van der Waals surface area contributed by atoms with Crippen LogP contribution in [0.5, 0.6) is 5.75 Å². The number of hydrogen-bond acceptors (Lipinski definition) is 4. The van der Waals surface area contributed by atoms with Gasteiger partial charge >= 0.3 is 0 Å². The number of nitrogens with two attached hydrogens (primary N) is 1. The molecular weight excluding hydrogens is 270 g/mol. The van der Waals surface area contributed by atoms with Crippen LogP contribution in [0, 0.1) is 6.92 Å². The van der Waals surface area contributed by atoms with E-state index in [9.17, 15) is 14.7 Å². The first-order valence-corrected chi connectivity index (χ1v) is 7.07. The molecule has 0 aromatic heterocycles. The number of amides is 2. The number of aryl methyl sites for hydroxylation is 1. The van der Waals surface area contributed by atoms with Gasteiger partial charge in [-0.15, -0.1) is 0 Å². The molecule has 0 saturated carbocycles. The molecule has 0 aliphatic carbocycles. The first-order valence-electron chi connectivity index (χ1n) is 7.07. The van der Waals surface area contributed by atoms with Crippen LogP contribution in [0.1, 0.15) is 28.8 Å². The number of nitrogens with zero attached hydrogens (tertiary/aromatic N) is 1. The lowest BCUT2D eigenvalue weighted by Crippen LogP contribution is -2.46. The average molecular weight is 291 g/mol. The highest BCUT2D eigenvalue weighted by Crippen LogP contribution is 2.19. The van der Waals surface area contributed by atoms with E-state index in [0.29, 0.717) is 5.56 Å². The van der Waals surface area contributed by atoms with E-state index in [-0.39, 0.29) is 30.2 Å². The summed E-state index contributed by atoms with van der Waals surface area (Å²) in [7, 11) is 0. The number of likely N-dealkylation sites (tertiary alicyclic amines) is 1. The Morgan fingerprint density at radius 3 is 2.62 bits per heavy atom. The predicted molar refractivity (Wildman–Crippen MR) is 79.0 cm³/mol. The van der Waals surface area contributed by atoms with E-state index in [2.05, 4.69) is 5.32 Å². The van der Waals surface area contributed by atoms with Gasteiger partial charge in [0.1, 0.15) is 5.75 Å². The Hall–Kier alpha value is -2.08. The Labute approximate surface area is 123 Å². The lowest BCUT2D eigenvalue weighted by molar-refractivity contribution is -0.119. The highest BCUT2D eigenvalue weighted by atomic mass is 16.3. The summed E-state index contributed by atoms with van der Waals surface area (Å²) in [4.78, 5) is 25.0. The van der Waals surface area contributed by atoms with Gasteiger partial charge in [0.05, 0.1) is 12.1 Å². The minimum atomic E-state index is -0.331. The number of phenolic OH excluding ortho intramolecular Hbond substituents is 1. The molecule has 21 heavy (non-hydrogen) atoms. The van der Waals surface area contributed by atoms with Crippen LogP contribution in [-0.2, 0) is 4.79 Å². The number of hydrogen-bond donors (Lipinski definition) is 3. The van der Waals surface area contributed by atoms with Crippen molar-refractivity contribution in [1.82, 2.24) is 10.2 Å². The number of nitrogens with one attached hydrogen (secondary N) is 1. The summed E-state index contributed by atoms with van der Waals surface area (Å²) in [5.41, 5.74) is 6.36. The van der Waals surface area contributed by atoms with Crippen molar-refractivity contribution in [2.24, 2.45) is 5.73 Å². The number of carbonyl (C=O) groups excluding carboxylic acids is 2. The molecule has 0 atom stereocenters. The van der Waals surface area contributed by atoms with Crippen molar-refractivity contribution >= 4 is 11.8 Å². The van der Waals surface area contributed by atoms with Crippen LogP contribution in [0.3, 0.4) is 0 Å². The van der Waals surface area contributed by atoms with Crippen molar-refractivity contribution in [1.29, 1.82) is 0 Å². The maximum Gasteiger partial charge on any atom is 0.255 e. The first kappa shape index (κ1) is 15.3. The average Bonchev–Trinajstić information content (AvgIpc) is 2.40. The number of piperidine rings is 1. The van der Waals surface area contributed by atoms with Gasteiger partial charge in [0.25, 0.3) is 5.91 Å². The van der Waals surface area contributed by atoms with Gasteiger partial charge in [0.2, 0.25) is 5.91 Å². The number of rotatable bonds is 4. The van der Waals surface area contributed by atoms with Crippen molar-refractivity contribution in [3.63, 3.8) is 0 Å². The Kier molecular flexibility index (Phi) is 4.80. The molecule has 1 heterocycles. The molecule has 1 fully saturated rings. The van der Waals surface area contributed by atoms with Crippen molar-refractivity contribution in [3.8, 4) is 5.75 Å². The van der Waals surface area contributed by atoms with Crippen LogP contribution < -0.4 is 11.1 Å². The molecule has 0 bridgehead atoms. The second-order valence-corrected chi connectivity index (χ2v) is 5.51. The fraction of sp³-hybridized carbons (Fsp3) is 0.467. The largest absolute Gasteiger partial charge is 0.507 e. The van der Waals surface area contributed by atoms with Gasteiger partial charge in [-0.3, -0.25) is 14.5 Å². The zero-order chi connectivity index (χ0) is 15.4. The number of carbonyl (C=O) groups is 2. The molecule has 4 N–H and O–H groups in total. The Morgan fingerprint density at radius 2 is 2.05 bits per heavy atom. The quantitative estimate of drug-likeness (QED) is 0.747. The number of phenols is 1. The summed E-state index contributed by atoms with van der Waals surface area (Å²) < 4.78 is 0. The molecule has 2 rings (SSSR count). The summed E-state index contributed by atoms with van der Waals surface area (Å²) in [5, 5.41) is 12.7. The Balaban J connectivity index is 1.88. The van der Waals surface area contributed by atoms with Gasteiger partial charge in [-0.1, -0.05) is 6.07 Å². The molecular formula is C15H21N3O3. The van der Waals surface area contributed by atoms with E-state index in [4.69, 9.17) is 5.73 Å². The van der Waals surface area contributed by atoms with E-state index in [1.165, 1.54) is 0 Å². The van der Waals surface area contributed by atoms with Crippen LogP contribution in [0.2, 0.25) is 0 Å². The van der Waals surface area contributed by atoms with Gasteiger partial charge in [-0.05, 0) is 37.5 Å². The van der Waals surface area contributed by atoms with E-state index in [0.717, 1.165) is 31.5 Å². The molecule has 6 nitrogen and oxygen atoms in total. The molecule has 1 aromatic carbocycles. The molecule has 1 aliphatic rings. The van der Waals surface area contributed by atoms with Gasteiger partial charge in [0.15, 0.2) is 0 Å². The van der Waals surface area contributed by atoms with Crippen molar-refractivity contribution in [2.75, 3.05) is 19.6 Å². The van der Waals surface area contributed by atoms with E-state index in [1.807, 2.05) is 11.8 Å². The van der Waals surface area contributed by atoms with Gasteiger partial charge in [-0.2, -0.15) is 0 Å². The van der Waals surface area contributed by atoms with Crippen LogP contribution in [-0.4, -0.2) is 47.5 Å². The molecule has 114 valence electrons. The van der Waals surface area contributed by atoms with Crippen molar-refractivity contribution < 1.29 is 14.7 Å². The standard InChI is InChI=1S/C15H21N3O3/c1-10-2-3-12(13(19)8-10)15(21)17-11-4-6-18(7-5-11)9-14(16)20/h2-3,8,11,19H,4-7,9H2,1H3,(H2,16,20)(H,17,21). The van der Waals surface area contributed by atoms with Crippen LogP contribution in [0.15, 0.2) is 18.2 Å². The van der Waals surface area contributed by atoms with Gasteiger partial charge < -0.3 is 16.2 Å². The van der Waals surface area contributed by atoms with E-state index in [1.54, 1.807) is 18.2 Å². The summed E-state index contributed by atoms with van der Waals surface area (Å²) in [6.45, 7) is 3.58. The first-order chi connectivity index (χ1) is 9.95. The topological polar surface area (TPSA) is 95.7 Å². The third kappa shape index (κ3) is 4.19. The van der Waals surface area contributed by atoms with E-state index < -0.39 is 0 Å². The highest BCUT2D eigenvalue weighted by molar-refractivity contribution is 5.97. The van der Waals surface area contributed by atoms with Crippen LogP contribution in [0.4, 0.5) is 0 Å². The molecule has 2 amide bonds. The molecule has 0 spiro atoms. The summed E-state index contributed by atoms with van der Waals surface area (Å²) in [6.07, 6.45) is 1.54. The zero-order valence-electron chi connectivity index (χ0n) is 12.1. The molecule has 0 radical (unpaired) electrons. The zero-order valence-corrected chi connectivity index (χ0v) is 12.1. The molecule has 0 unspecified atom stereocenters. The second kappa shape index (κ2) is 6.58. The predicted octanol–water partition coefficient (Wildman–Crippen LogP) is 0.380. The third-order valence-corrected chi connectivity index (χ3v) is 3.70. The molecule has 1 aliphatic heterocycles. The highest BCUT2D eigenvalue weighted by Gasteiger charge is 2.22. The Bertz CT molecular complexity index is 537. The minimum Gasteiger partial charge on any atom is -0.507 e. The molecule has 6 heteroatoms. The van der Waals surface area contributed by atoms with Gasteiger partial charge in [0, 0.05) is 19.1 Å². The fourth-order valence-corrected chi connectivity index (χ4v) is 2.55. The summed E-state index contributed by atoms with van der Waals surface area (Å²) in [5.74, 6) is -0.596. The van der Waals surface area contributed by atoms with E-state index >= 15 is 0 Å². The summed E-state index contributed by atoms with van der Waals surface area (Å²) in [6, 6.07) is 5.05. The minimum absolute atomic E-state index is 0.00124. The fourth-order valence-electron chi connectivity index (χ4n) is 2.55. The maximum atomic E-state index is 12.1. The lowest BCUT2D eigenvalue weighted by Gasteiger charge is -2.31. The lowest BCUT2D eigenvalue weighted by atomic mass is 10.0. The summed E-state index contributed by atoms with van der Waals surface area (Å²) >= 11 is 0. The van der Waals surface area contributed by atoms with Crippen molar-refractivity contribution in [2.45, 2.75) is 25.8 Å². The third-order valence-electron chi connectivity index (χ3n) is 3.70. The maximum absolute atomic E-state index is 12.1. The smallest absolute Gasteiger partial charge is 0.255 e. The second-order valence-electron chi connectivity index (χ2n) is 5.51. The number of benzene rings is 1. The number of aromatic hydroxyl groups is 1. The normalized spacial score (nSPS) is 16.6. The molecule has 1 saturated heterocycles. The van der Waals surface area contributed by atoms with Crippen LogP contribution in [0.25, 0.3) is 0 Å². The Morgan fingerprint density at radius 1 is 1.38 bits per heavy atom. The SMILES string of the molecule is Cc1ccc(C(=O)NC2CCN(CC(N)=O)CC2)c(O)c1. The van der Waals surface area contributed by atoms with Crippen molar-refractivity contribution in [3.05, 3.63) is 29.3 Å². The monoisotopic (exact) mass is 291 g/mol. The molecule has 1 aromatic rings. The number of primary amides is 1. The van der Waals surface area contributed by atoms with Crippen LogP contribution >= 0.6 is 0 Å².